The maximum atomic E-state index is 6.26. The second kappa shape index (κ2) is 7.97. The third kappa shape index (κ3) is 5.29. The van der Waals surface area contributed by atoms with Crippen LogP contribution in [0.2, 0.25) is 20.1 Å². The molecule has 0 aliphatic carbocycles. The summed E-state index contributed by atoms with van der Waals surface area (Å²) in [7, 11) is 0. The summed E-state index contributed by atoms with van der Waals surface area (Å²) in [6, 6.07) is 10.6. The molecular weight excluding hydrogens is 386 g/mol. The molecule has 2 aromatic carbocycles. The maximum absolute atomic E-state index is 6.26. The molecule has 0 radical (unpaired) electrons. The number of anilines is 1. The molecule has 0 aliphatic heterocycles. The molecule has 1 N–H and O–H groups in total. The highest BCUT2D eigenvalue weighted by atomic mass is 35.5. The van der Waals surface area contributed by atoms with Crippen molar-refractivity contribution in [2.45, 2.75) is 27.2 Å². The number of rotatable bonds is 3. The first-order valence-corrected chi connectivity index (χ1v) is 8.91. The predicted octanol–water partition coefficient (Wildman–Crippen LogP) is 7.88. The van der Waals surface area contributed by atoms with Crippen molar-refractivity contribution in [3.63, 3.8) is 0 Å². The van der Waals surface area contributed by atoms with E-state index in [1.54, 1.807) is 36.4 Å². The molecule has 0 heterocycles. The summed E-state index contributed by atoms with van der Waals surface area (Å²) >= 11 is 25.0. The van der Waals surface area contributed by atoms with Crippen LogP contribution >= 0.6 is 46.4 Å². The fourth-order valence-corrected chi connectivity index (χ4v) is 3.08. The monoisotopic (exact) mass is 402 g/mol. The van der Waals surface area contributed by atoms with Crippen LogP contribution in [0.15, 0.2) is 41.4 Å². The van der Waals surface area contributed by atoms with E-state index in [9.17, 15) is 0 Å². The number of hydrogen-bond donors (Lipinski definition) is 1. The van der Waals surface area contributed by atoms with E-state index in [0.29, 0.717) is 43.7 Å². The van der Waals surface area contributed by atoms with E-state index in [0.717, 1.165) is 0 Å². The number of nitrogens with zero attached hydrogens (tertiary/aromatic N) is 1. The summed E-state index contributed by atoms with van der Waals surface area (Å²) in [5.41, 5.74) is 1.13. The summed E-state index contributed by atoms with van der Waals surface area (Å²) in [4.78, 5) is 4.64. The van der Waals surface area contributed by atoms with Gasteiger partial charge in [-0.1, -0.05) is 79.3 Å². The van der Waals surface area contributed by atoms with Gasteiger partial charge in [-0.25, -0.2) is 4.99 Å². The molecule has 0 saturated carbocycles. The number of benzene rings is 2. The van der Waals surface area contributed by atoms with Crippen molar-refractivity contribution in [1.82, 2.24) is 0 Å². The van der Waals surface area contributed by atoms with E-state index in [2.05, 4.69) is 31.1 Å². The van der Waals surface area contributed by atoms with Gasteiger partial charge in [-0.3, -0.25) is 0 Å². The van der Waals surface area contributed by atoms with Gasteiger partial charge in [-0.2, -0.15) is 0 Å². The fraction of sp³-hybridized carbons (Fsp3) is 0.278. The van der Waals surface area contributed by atoms with Gasteiger partial charge < -0.3 is 5.32 Å². The Morgan fingerprint density at radius 1 is 0.875 bits per heavy atom. The molecule has 6 heteroatoms. The van der Waals surface area contributed by atoms with Gasteiger partial charge in [0.05, 0.1) is 25.8 Å². The minimum atomic E-state index is -0.00665. The Labute approximate surface area is 162 Å². The number of para-hydroxylation sites is 2. The van der Waals surface area contributed by atoms with Crippen molar-refractivity contribution in [1.29, 1.82) is 0 Å². The highest BCUT2D eigenvalue weighted by Crippen LogP contribution is 2.35. The summed E-state index contributed by atoms with van der Waals surface area (Å²) in [5.74, 6) is 0.688. The molecule has 0 unspecified atom stereocenters. The molecule has 0 saturated heterocycles. The fourth-order valence-electron chi connectivity index (χ4n) is 2.11. The van der Waals surface area contributed by atoms with Crippen LogP contribution in [0.3, 0.4) is 0 Å². The Kier molecular flexibility index (Phi) is 6.44. The van der Waals surface area contributed by atoms with Crippen molar-refractivity contribution in [2.24, 2.45) is 10.4 Å². The molecule has 0 atom stereocenters. The minimum absolute atomic E-state index is 0.00665. The standard InChI is InChI=1S/C18H18Cl4N2/c1-18(2,3)10-15(23-16-11(19)6-4-7-12(16)20)24-17-13(21)8-5-9-14(17)22/h4-9H,10H2,1-3H3,(H,23,24). The van der Waals surface area contributed by atoms with Crippen molar-refractivity contribution >= 4 is 63.6 Å². The topological polar surface area (TPSA) is 24.4 Å². The second-order valence-corrected chi connectivity index (χ2v) is 8.22. The second-order valence-electron chi connectivity index (χ2n) is 6.59. The molecule has 0 bridgehead atoms. The molecule has 2 aromatic rings. The lowest BCUT2D eigenvalue weighted by atomic mass is 9.91. The summed E-state index contributed by atoms with van der Waals surface area (Å²) in [6.45, 7) is 6.35. The van der Waals surface area contributed by atoms with Crippen LogP contribution in [0.1, 0.15) is 27.2 Å². The molecular formula is C18H18Cl4N2. The van der Waals surface area contributed by atoms with E-state index < -0.39 is 0 Å². The molecule has 2 rings (SSSR count). The lowest BCUT2D eigenvalue weighted by Gasteiger charge is -2.21. The quantitative estimate of drug-likeness (QED) is 0.408. The van der Waals surface area contributed by atoms with Crippen molar-refractivity contribution in [2.75, 3.05) is 5.32 Å². The SMILES string of the molecule is CC(C)(C)CC(=Nc1c(Cl)cccc1Cl)Nc1c(Cl)cccc1Cl. The number of hydrogen-bond acceptors (Lipinski definition) is 1. The molecule has 0 aromatic heterocycles. The normalized spacial score (nSPS) is 12.4. The zero-order chi connectivity index (χ0) is 17.9. The maximum Gasteiger partial charge on any atom is 0.107 e. The van der Waals surface area contributed by atoms with E-state index >= 15 is 0 Å². The van der Waals surface area contributed by atoms with Gasteiger partial charge in [-0.15, -0.1) is 0 Å². The van der Waals surface area contributed by atoms with E-state index in [1.165, 1.54) is 0 Å². The van der Waals surface area contributed by atoms with Gasteiger partial charge in [0.25, 0.3) is 0 Å². The largest absolute Gasteiger partial charge is 0.341 e. The Morgan fingerprint density at radius 2 is 1.33 bits per heavy atom. The van der Waals surface area contributed by atoms with Crippen LogP contribution < -0.4 is 5.32 Å². The first-order valence-electron chi connectivity index (χ1n) is 7.40. The highest BCUT2D eigenvalue weighted by Gasteiger charge is 2.18. The first-order chi connectivity index (χ1) is 11.2. The molecule has 0 spiro atoms. The highest BCUT2D eigenvalue weighted by molar-refractivity contribution is 6.40. The smallest absolute Gasteiger partial charge is 0.107 e. The van der Waals surface area contributed by atoms with Gasteiger partial charge in [0.15, 0.2) is 0 Å². The van der Waals surface area contributed by atoms with Crippen LogP contribution in [0.5, 0.6) is 0 Å². The average molecular weight is 404 g/mol. The molecule has 128 valence electrons. The predicted molar refractivity (Wildman–Crippen MR) is 108 cm³/mol. The number of halogens is 4. The summed E-state index contributed by atoms with van der Waals surface area (Å²) < 4.78 is 0. The van der Waals surface area contributed by atoms with Gasteiger partial charge >= 0.3 is 0 Å². The third-order valence-electron chi connectivity index (χ3n) is 3.11. The van der Waals surface area contributed by atoms with Gasteiger partial charge in [-0.05, 0) is 29.7 Å². The molecule has 0 fully saturated rings. The zero-order valence-corrected chi connectivity index (χ0v) is 16.7. The van der Waals surface area contributed by atoms with Gasteiger partial charge in [0.1, 0.15) is 11.5 Å². The average Bonchev–Trinajstić information content (AvgIpc) is 2.45. The van der Waals surface area contributed by atoms with Crippen LogP contribution in [-0.2, 0) is 0 Å². The van der Waals surface area contributed by atoms with Crippen LogP contribution in [0.4, 0.5) is 11.4 Å². The Bertz CT molecular complexity index is 724. The van der Waals surface area contributed by atoms with Crippen LogP contribution in [0.25, 0.3) is 0 Å². The van der Waals surface area contributed by atoms with Gasteiger partial charge in [0, 0.05) is 6.42 Å². The Morgan fingerprint density at radius 3 is 1.79 bits per heavy atom. The molecule has 0 aliphatic rings. The summed E-state index contributed by atoms with van der Waals surface area (Å²) in [5, 5.41) is 5.26. The minimum Gasteiger partial charge on any atom is -0.341 e. The summed E-state index contributed by atoms with van der Waals surface area (Å²) in [6.07, 6.45) is 0.663. The zero-order valence-electron chi connectivity index (χ0n) is 13.6. The molecule has 2 nitrogen and oxygen atoms in total. The Hall–Kier alpha value is -0.930. The lowest BCUT2D eigenvalue weighted by Crippen LogP contribution is -2.20. The first kappa shape index (κ1) is 19.4. The van der Waals surface area contributed by atoms with Crippen LogP contribution in [0, 0.1) is 5.41 Å². The van der Waals surface area contributed by atoms with E-state index in [-0.39, 0.29) is 5.41 Å². The van der Waals surface area contributed by atoms with Crippen LogP contribution in [-0.4, -0.2) is 5.84 Å². The van der Waals surface area contributed by atoms with Crippen molar-refractivity contribution in [3.05, 3.63) is 56.5 Å². The van der Waals surface area contributed by atoms with E-state index in [4.69, 9.17) is 46.4 Å². The van der Waals surface area contributed by atoms with Crippen molar-refractivity contribution < 1.29 is 0 Å². The molecule has 24 heavy (non-hydrogen) atoms. The number of nitrogens with one attached hydrogen (secondary N) is 1. The third-order valence-corrected chi connectivity index (χ3v) is 4.35. The van der Waals surface area contributed by atoms with Gasteiger partial charge in [0.2, 0.25) is 0 Å². The molecule has 0 amide bonds. The van der Waals surface area contributed by atoms with Crippen molar-refractivity contribution in [3.8, 4) is 0 Å². The van der Waals surface area contributed by atoms with E-state index in [1.807, 2.05) is 0 Å². The number of amidine groups is 1. The number of aliphatic imine (C=N–C) groups is 1. The Balaban J connectivity index is 2.48. The lowest BCUT2D eigenvalue weighted by molar-refractivity contribution is 0.433.